The minimum atomic E-state index is -1.14. The van der Waals surface area contributed by atoms with Crippen LogP contribution in [0, 0.1) is 0 Å². The maximum atomic E-state index is 11.6. The number of halogens is 2. The molecule has 2 rings (SSSR count). The van der Waals surface area contributed by atoms with Gasteiger partial charge < -0.3 is 33.5 Å². The first-order valence-electron chi connectivity index (χ1n) is 9.36. The average molecular weight is 656 g/mol. The fraction of sp³-hybridized carbons (Fsp3) is 0.833. The summed E-state index contributed by atoms with van der Waals surface area (Å²) in [6.45, 7) is 7.14. The molecule has 0 aromatic carbocycles. The predicted molar refractivity (Wildman–Crippen MR) is 118 cm³/mol. The number of alkyl halides is 2. The van der Waals surface area contributed by atoms with Crippen molar-refractivity contribution in [3.63, 3.8) is 0 Å². The summed E-state index contributed by atoms with van der Waals surface area (Å²) in [5.74, 6) is -1.58. The van der Waals surface area contributed by atoms with Crippen molar-refractivity contribution < 1.29 is 47.9 Å². The van der Waals surface area contributed by atoms with Gasteiger partial charge in [-0.1, -0.05) is 45.2 Å². The van der Waals surface area contributed by atoms with E-state index in [1.54, 1.807) is 13.8 Å². The van der Waals surface area contributed by atoms with Crippen molar-refractivity contribution in [1.29, 1.82) is 0 Å². The average Bonchev–Trinajstić information content (AvgIpc) is 2.62. The van der Waals surface area contributed by atoms with E-state index in [2.05, 4.69) is 0 Å². The molecule has 12 heteroatoms. The Balaban J connectivity index is 2.26. The van der Waals surface area contributed by atoms with Crippen molar-refractivity contribution in [2.45, 2.75) is 91.7 Å². The lowest BCUT2D eigenvalue weighted by molar-refractivity contribution is -0.296. The Labute approximate surface area is 201 Å². The summed E-state index contributed by atoms with van der Waals surface area (Å²) in [4.78, 5) is 34.7. The maximum absolute atomic E-state index is 11.6. The second kappa shape index (κ2) is 11.0. The summed E-state index contributed by atoms with van der Waals surface area (Å²) in [7, 11) is 0. The molecule has 0 aromatic heterocycles. The van der Waals surface area contributed by atoms with E-state index in [-0.39, 0.29) is 0 Å². The first-order chi connectivity index (χ1) is 13.9. The molecule has 0 saturated carbocycles. The zero-order valence-corrected chi connectivity index (χ0v) is 21.5. The molecule has 0 aliphatic carbocycles. The minimum Gasteiger partial charge on any atom is -0.457 e. The molecule has 10 nitrogen and oxygen atoms in total. The SMILES string of the molecule is CC(=O)O[C@@H]1[C@@H](I)[C@H](O[C@@H]2[C@@H](I)[C@H](O)O[C@H](C)[C@H]2OC(C)=O)O[C@H](C)[C@H]1OC(C)=O. The number of hydrogen-bond donors (Lipinski definition) is 1. The third-order valence-electron chi connectivity index (χ3n) is 4.63. The number of ether oxygens (including phenoxy) is 6. The highest BCUT2D eigenvalue weighted by Gasteiger charge is 2.52. The lowest BCUT2D eigenvalue weighted by Gasteiger charge is -2.46. The molecular weight excluding hydrogens is 630 g/mol. The standard InChI is InChI=1S/C18H26I2O10/c1-6-13(27-8(3)21)15(11(19)17(24)25-6)30-18-12(20)16(29-10(5)23)14(7(2)26-18)28-9(4)22/h6-7,11-18,24H,1-5H3/t6-,7-,11-,12-,13-,14-,15-,16-,17-,18+/m1/s1. The molecule has 0 amide bonds. The molecule has 10 atom stereocenters. The fourth-order valence-electron chi connectivity index (χ4n) is 3.40. The summed E-state index contributed by atoms with van der Waals surface area (Å²) in [5.41, 5.74) is 0. The lowest BCUT2D eigenvalue weighted by atomic mass is 10.00. The van der Waals surface area contributed by atoms with Crippen LogP contribution in [0.5, 0.6) is 0 Å². The van der Waals surface area contributed by atoms with E-state index in [0.29, 0.717) is 0 Å². The van der Waals surface area contributed by atoms with Crippen LogP contribution in [0.3, 0.4) is 0 Å². The van der Waals surface area contributed by atoms with Gasteiger partial charge in [0.05, 0.1) is 16.1 Å². The number of aliphatic hydroxyl groups excluding tert-OH is 1. The molecule has 172 valence electrons. The van der Waals surface area contributed by atoms with E-state index in [1.165, 1.54) is 20.8 Å². The van der Waals surface area contributed by atoms with Crippen molar-refractivity contribution in [3.05, 3.63) is 0 Å². The van der Waals surface area contributed by atoms with Gasteiger partial charge in [0.2, 0.25) is 0 Å². The molecule has 0 unspecified atom stereocenters. The molecule has 2 fully saturated rings. The van der Waals surface area contributed by atoms with Crippen molar-refractivity contribution in [1.82, 2.24) is 0 Å². The Morgan fingerprint density at radius 2 is 1.17 bits per heavy atom. The fourth-order valence-corrected chi connectivity index (χ4v) is 5.04. The number of esters is 3. The van der Waals surface area contributed by atoms with E-state index in [9.17, 15) is 19.5 Å². The number of hydrogen-bond acceptors (Lipinski definition) is 10. The molecular formula is C18H26I2O10. The number of carbonyl (C=O) groups is 3. The zero-order chi connectivity index (χ0) is 22.7. The predicted octanol–water partition coefficient (Wildman–Crippen LogP) is 1.26. The second-order valence-electron chi connectivity index (χ2n) is 7.15. The Kier molecular flexibility index (Phi) is 9.55. The summed E-state index contributed by atoms with van der Waals surface area (Å²) in [6.07, 6.45) is -6.46. The van der Waals surface area contributed by atoms with Crippen molar-refractivity contribution >= 4 is 63.1 Å². The van der Waals surface area contributed by atoms with Gasteiger partial charge in [0.1, 0.15) is 10.0 Å². The molecule has 2 heterocycles. The Bertz CT molecular complexity index is 646. The summed E-state index contributed by atoms with van der Waals surface area (Å²) < 4.78 is 32.5. The summed E-state index contributed by atoms with van der Waals surface area (Å²) in [6, 6.07) is 0. The molecule has 0 aromatic rings. The molecule has 1 N–H and O–H groups in total. The number of carbonyl (C=O) groups excluding carboxylic acids is 3. The van der Waals surface area contributed by atoms with Crippen molar-refractivity contribution in [3.8, 4) is 0 Å². The van der Waals surface area contributed by atoms with Gasteiger partial charge in [-0.15, -0.1) is 0 Å². The number of rotatable bonds is 5. The van der Waals surface area contributed by atoms with Crippen molar-refractivity contribution in [2.24, 2.45) is 0 Å². The van der Waals surface area contributed by atoms with Crippen LogP contribution in [0.1, 0.15) is 34.6 Å². The maximum Gasteiger partial charge on any atom is 0.303 e. The number of aliphatic hydroxyl groups is 1. The largest absolute Gasteiger partial charge is 0.457 e. The van der Waals surface area contributed by atoms with Crippen LogP contribution in [-0.4, -0.2) is 80.1 Å². The third-order valence-corrected chi connectivity index (χ3v) is 7.25. The molecule has 30 heavy (non-hydrogen) atoms. The third kappa shape index (κ3) is 6.37. The topological polar surface area (TPSA) is 127 Å². The lowest BCUT2D eigenvalue weighted by Crippen LogP contribution is -2.62. The molecule has 0 spiro atoms. The van der Waals surface area contributed by atoms with Crippen LogP contribution >= 0.6 is 45.2 Å². The van der Waals surface area contributed by atoms with Crippen LogP contribution in [0.4, 0.5) is 0 Å². The first kappa shape index (κ1) is 26.0. The highest BCUT2D eigenvalue weighted by molar-refractivity contribution is 14.1. The highest BCUT2D eigenvalue weighted by Crippen LogP contribution is 2.36. The van der Waals surface area contributed by atoms with E-state index < -0.39 is 75.0 Å². The monoisotopic (exact) mass is 656 g/mol. The van der Waals surface area contributed by atoms with Gasteiger partial charge in [-0.05, 0) is 13.8 Å². The van der Waals surface area contributed by atoms with Gasteiger partial charge in [0.15, 0.2) is 30.9 Å². The van der Waals surface area contributed by atoms with E-state index in [1.807, 2.05) is 45.2 Å². The van der Waals surface area contributed by atoms with Crippen LogP contribution < -0.4 is 0 Å². The summed E-state index contributed by atoms with van der Waals surface area (Å²) in [5, 5.41) is 10.2. The molecule has 2 aliphatic heterocycles. The molecule has 0 radical (unpaired) electrons. The minimum absolute atomic E-state index is 0.513. The Morgan fingerprint density at radius 1 is 0.733 bits per heavy atom. The molecule has 2 aliphatic rings. The van der Waals surface area contributed by atoms with Gasteiger partial charge in [0.25, 0.3) is 0 Å². The quantitative estimate of drug-likeness (QED) is 0.200. The Morgan fingerprint density at radius 3 is 1.67 bits per heavy atom. The normalized spacial score (nSPS) is 41.6. The second-order valence-corrected chi connectivity index (χ2v) is 10.0. The van der Waals surface area contributed by atoms with Crippen LogP contribution in [-0.2, 0) is 42.8 Å². The van der Waals surface area contributed by atoms with Gasteiger partial charge in [-0.3, -0.25) is 14.4 Å². The Hall–Kier alpha value is -0.290. The van der Waals surface area contributed by atoms with Gasteiger partial charge in [-0.2, -0.15) is 0 Å². The van der Waals surface area contributed by atoms with Crippen LogP contribution in [0.2, 0.25) is 0 Å². The first-order valence-corrected chi connectivity index (χ1v) is 11.9. The van der Waals surface area contributed by atoms with Crippen LogP contribution in [0.15, 0.2) is 0 Å². The van der Waals surface area contributed by atoms with Gasteiger partial charge in [0, 0.05) is 20.8 Å². The van der Waals surface area contributed by atoms with Gasteiger partial charge in [-0.25, -0.2) is 0 Å². The summed E-state index contributed by atoms with van der Waals surface area (Å²) >= 11 is 3.98. The van der Waals surface area contributed by atoms with Crippen LogP contribution in [0.25, 0.3) is 0 Å². The van der Waals surface area contributed by atoms with E-state index in [0.717, 1.165) is 0 Å². The van der Waals surface area contributed by atoms with E-state index >= 15 is 0 Å². The smallest absolute Gasteiger partial charge is 0.303 e. The highest BCUT2D eigenvalue weighted by atomic mass is 127. The van der Waals surface area contributed by atoms with E-state index in [4.69, 9.17) is 28.4 Å². The molecule has 2 saturated heterocycles. The molecule has 0 bridgehead atoms. The van der Waals surface area contributed by atoms with Crippen molar-refractivity contribution in [2.75, 3.05) is 0 Å². The zero-order valence-electron chi connectivity index (χ0n) is 17.2. The van der Waals surface area contributed by atoms with Gasteiger partial charge >= 0.3 is 17.9 Å².